The molecule has 9 N–H and O–H groups in total. The highest BCUT2D eigenvalue weighted by molar-refractivity contribution is 6.34. The van der Waals surface area contributed by atoms with E-state index < -0.39 is 0 Å². The molecule has 0 radical (unpaired) electrons. The third-order valence-electron chi connectivity index (χ3n) is 10.3. The number of amides is 3. The molecule has 3 heterocycles. The minimum absolute atomic E-state index is 0.0198. The Bertz CT molecular complexity index is 1710. The molecule has 12 nitrogen and oxygen atoms in total. The molecule has 3 saturated heterocycles. The fourth-order valence-electron chi connectivity index (χ4n) is 7.18. The average molecular weight is 845 g/mol. The Morgan fingerprint density at radius 1 is 0.561 bits per heavy atom. The maximum atomic E-state index is 12.0. The van der Waals surface area contributed by atoms with Gasteiger partial charge in [-0.15, -0.1) is 0 Å². The number of nitrogen functional groups attached to an aromatic ring is 3. The fourth-order valence-corrected chi connectivity index (χ4v) is 7.88. The number of halogens is 3. The van der Waals surface area contributed by atoms with Crippen LogP contribution in [0.25, 0.3) is 0 Å². The van der Waals surface area contributed by atoms with Crippen LogP contribution in [-0.4, -0.2) is 90.8 Å². The fraction of sp³-hybridized carbons (Fsp3) is 0.500. The number of nitrogens with two attached hydrogens (primary N) is 3. The van der Waals surface area contributed by atoms with E-state index in [1.165, 1.54) is 44.9 Å². The third kappa shape index (κ3) is 16.5. The van der Waals surface area contributed by atoms with Crippen LogP contribution in [0.4, 0.5) is 34.1 Å². The quantitative estimate of drug-likeness (QED) is 0.116. The smallest absolute Gasteiger partial charge is 0.238 e. The summed E-state index contributed by atoms with van der Waals surface area (Å²) in [4.78, 5) is 42.6. The normalized spacial score (nSPS) is 19.1. The van der Waals surface area contributed by atoms with Crippen molar-refractivity contribution in [1.29, 1.82) is 0 Å². The molecule has 3 aliphatic heterocycles. The highest BCUT2D eigenvalue weighted by Crippen LogP contribution is 2.26. The molecule has 0 saturated carbocycles. The second-order valence-electron chi connectivity index (χ2n) is 15.4. The number of benzene rings is 3. The molecule has 3 aliphatic rings. The molecule has 0 bridgehead atoms. The van der Waals surface area contributed by atoms with Gasteiger partial charge in [-0.1, -0.05) is 61.0 Å². The maximum absolute atomic E-state index is 12.0. The lowest BCUT2D eigenvalue weighted by atomic mass is 10.0. The van der Waals surface area contributed by atoms with Gasteiger partial charge < -0.3 is 33.2 Å². The summed E-state index contributed by atoms with van der Waals surface area (Å²) in [6.45, 7) is 10.6. The third-order valence-corrected chi connectivity index (χ3v) is 11.2. The Balaban J connectivity index is 0.000000189. The molecule has 6 rings (SSSR count). The first kappa shape index (κ1) is 45.9. The van der Waals surface area contributed by atoms with E-state index in [0.29, 0.717) is 80.8 Å². The van der Waals surface area contributed by atoms with Crippen molar-refractivity contribution in [2.24, 2.45) is 5.92 Å². The van der Waals surface area contributed by atoms with Crippen molar-refractivity contribution in [3.8, 4) is 0 Å². The molecular formula is C42H60Cl3N9O3. The first-order chi connectivity index (χ1) is 27.2. The zero-order valence-electron chi connectivity index (χ0n) is 33.3. The van der Waals surface area contributed by atoms with Gasteiger partial charge in [-0.25, -0.2) is 0 Å². The van der Waals surface area contributed by atoms with Gasteiger partial charge in [-0.05, 0) is 132 Å². The molecule has 15 heteroatoms. The summed E-state index contributed by atoms with van der Waals surface area (Å²) in [6.07, 6.45) is 10.9. The van der Waals surface area contributed by atoms with Gasteiger partial charge in [-0.2, -0.15) is 0 Å². The van der Waals surface area contributed by atoms with Crippen LogP contribution in [0.3, 0.4) is 0 Å². The lowest BCUT2D eigenvalue weighted by Crippen LogP contribution is -2.42. The van der Waals surface area contributed by atoms with Crippen molar-refractivity contribution < 1.29 is 14.4 Å². The highest BCUT2D eigenvalue weighted by Gasteiger charge is 2.21. The molecule has 0 spiro atoms. The molecular weight excluding hydrogens is 785 g/mol. The Labute approximate surface area is 353 Å². The molecule has 57 heavy (non-hydrogen) atoms. The second-order valence-corrected chi connectivity index (χ2v) is 16.6. The van der Waals surface area contributed by atoms with Gasteiger partial charge in [0, 0.05) is 29.6 Å². The summed E-state index contributed by atoms with van der Waals surface area (Å²) in [5.41, 5.74) is 20.5. The van der Waals surface area contributed by atoms with Crippen molar-refractivity contribution in [3.63, 3.8) is 0 Å². The van der Waals surface area contributed by atoms with Gasteiger partial charge in [0.2, 0.25) is 17.7 Å². The van der Waals surface area contributed by atoms with Crippen LogP contribution in [0.15, 0.2) is 54.6 Å². The van der Waals surface area contributed by atoms with E-state index in [0.717, 1.165) is 45.6 Å². The largest absolute Gasteiger partial charge is 0.399 e. The molecule has 3 amide bonds. The Kier molecular flexibility index (Phi) is 19.0. The van der Waals surface area contributed by atoms with Crippen molar-refractivity contribution in [2.45, 2.75) is 77.7 Å². The minimum atomic E-state index is -0.0274. The average Bonchev–Trinajstić information content (AvgIpc) is 3.42. The molecule has 0 aromatic heterocycles. The molecule has 0 aliphatic carbocycles. The van der Waals surface area contributed by atoms with Crippen LogP contribution in [0.5, 0.6) is 0 Å². The number of likely N-dealkylation sites (tertiary alicyclic amines) is 3. The van der Waals surface area contributed by atoms with Crippen molar-refractivity contribution in [2.75, 3.05) is 85.5 Å². The van der Waals surface area contributed by atoms with Gasteiger partial charge in [0.05, 0.1) is 51.8 Å². The number of piperidine rings is 2. The summed E-state index contributed by atoms with van der Waals surface area (Å²) in [5.74, 6) is 0.594. The van der Waals surface area contributed by atoms with E-state index in [9.17, 15) is 14.4 Å². The molecule has 2 unspecified atom stereocenters. The van der Waals surface area contributed by atoms with E-state index in [1.54, 1.807) is 54.6 Å². The Morgan fingerprint density at radius 2 is 0.982 bits per heavy atom. The summed E-state index contributed by atoms with van der Waals surface area (Å²) in [5, 5.41) is 9.93. The predicted octanol–water partition coefficient (Wildman–Crippen LogP) is 8.06. The Morgan fingerprint density at radius 3 is 1.42 bits per heavy atom. The number of hydrogen-bond donors (Lipinski definition) is 6. The van der Waals surface area contributed by atoms with E-state index >= 15 is 0 Å². The van der Waals surface area contributed by atoms with E-state index in [4.69, 9.17) is 52.0 Å². The SMILES string of the molecule is CC1CCCCN1CC(=O)Nc1ccc(N)cc1Cl.CC1CCCN(CC(=O)Nc2ccc(N)cc2Cl)C1.Nc1ccc(NC(=O)CN2CCCCCC2)c(Cl)c1. The van der Waals surface area contributed by atoms with Gasteiger partial charge in [0.15, 0.2) is 0 Å². The van der Waals surface area contributed by atoms with Crippen LogP contribution >= 0.6 is 34.8 Å². The van der Waals surface area contributed by atoms with Gasteiger partial charge in [0.25, 0.3) is 0 Å². The molecule has 3 aromatic carbocycles. The summed E-state index contributed by atoms with van der Waals surface area (Å²) >= 11 is 18.1. The van der Waals surface area contributed by atoms with Gasteiger partial charge >= 0.3 is 0 Å². The summed E-state index contributed by atoms with van der Waals surface area (Å²) in [6, 6.07) is 15.8. The zero-order valence-corrected chi connectivity index (χ0v) is 35.6. The first-order valence-corrected chi connectivity index (χ1v) is 21.1. The number of carbonyl (C=O) groups excluding carboxylic acids is 3. The van der Waals surface area contributed by atoms with E-state index in [1.807, 2.05) is 0 Å². The number of nitrogens with zero attached hydrogens (tertiary/aromatic N) is 3. The topological polar surface area (TPSA) is 175 Å². The van der Waals surface area contributed by atoms with Gasteiger partial charge in [-0.3, -0.25) is 29.1 Å². The monoisotopic (exact) mass is 843 g/mol. The standard InChI is InChI=1S/3C14H20ClN3O/c1-10-3-2-6-18(8-10)9-14(19)17-13-5-4-11(16)7-12(13)15;1-10-4-2-3-7-18(10)9-14(19)17-13-6-5-11(16)8-12(13)15;15-12-9-11(16)5-6-13(12)17-14(19)10-18-7-3-1-2-4-8-18/h4-5,7,10H,2-3,6,8-9,16H2,1H3,(H,17,19);5-6,8,10H,2-4,7,9,16H2,1H3,(H,17,19);5-6,9H,1-4,7-8,10,16H2,(H,17,19). The first-order valence-electron chi connectivity index (χ1n) is 20.0. The van der Waals surface area contributed by atoms with Gasteiger partial charge in [0.1, 0.15) is 0 Å². The zero-order chi connectivity index (χ0) is 41.3. The molecule has 312 valence electrons. The highest BCUT2D eigenvalue weighted by atomic mass is 35.5. The van der Waals surface area contributed by atoms with E-state index in [2.05, 4.69) is 44.5 Å². The lowest BCUT2D eigenvalue weighted by molar-refractivity contribution is -0.118. The number of hydrogen-bond acceptors (Lipinski definition) is 9. The molecule has 3 aromatic rings. The van der Waals surface area contributed by atoms with Crippen LogP contribution in [0.2, 0.25) is 15.1 Å². The van der Waals surface area contributed by atoms with Crippen LogP contribution < -0.4 is 33.2 Å². The molecule has 2 atom stereocenters. The van der Waals surface area contributed by atoms with E-state index in [-0.39, 0.29) is 17.7 Å². The van der Waals surface area contributed by atoms with Crippen molar-refractivity contribution >= 4 is 86.6 Å². The Hall–Kier alpha value is -3.78. The number of rotatable bonds is 9. The lowest BCUT2D eigenvalue weighted by Gasteiger charge is -2.32. The maximum Gasteiger partial charge on any atom is 0.238 e. The number of anilines is 6. The predicted molar refractivity (Wildman–Crippen MR) is 238 cm³/mol. The van der Waals surface area contributed by atoms with Crippen LogP contribution in [-0.2, 0) is 14.4 Å². The summed E-state index contributed by atoms with van der Waals surface area (Å²) in [7, 11) is 0. The van der Waals surface area contributed by atoms with Crippen molar-refractivity contribution in [3.05, 3.63) is 69.7 Å². The second kappa shape index (κ2) is 23.6. The number of nitrogens with one attached hydrogen (secondary N) is 3. The van der Waals surface area contributed by atoms with Crippen molar-refractivity contribution in [1.82, 2.24) is 14.7 Å². The number of carbonyl (C=O) groups is 3. The van der Waals surface area contributed by atoms with Crippen LogP contribution in [0, 0.1) is 5.92 Å². The minimum Gasteiger partial charge on any atom is -0.399 e. The molecule has 3 fully saturated rings. The van der Waals surface area contributed by atoms with Crippen LogP contribution in [0.1, 0.15) is 71.6 Å². The summed E-state index contributed by atoms with van der Waals surface area (Å²) < 4.78 is 0.